The Morgan fingerprint density at radius 1 is 1.27 bits per heavy atom. The number of sulfone groups is 1. The number of carboxylic acids is 1. The van der Waals surface area contributed by atoms with Crippen molar-refractivity contribution in [3.8, 4) is 0 Å². The van der Waals surface area contributed by atoms with Crippen LogP contribution in [0, 0.1) is 5.92 Å². The minimum atomic E-state index is -3.89. The molecule has 1 fully saturated rings. The van der Waals surface area contributed by atoms with Crippen LogP contribution in [0.15, 0.2) is 34.1 Å². The van der Waals surface area contributed by atoms with Gasteiger partial charge < -0.3 is 5.11 Å². The molecular weight excluding hydrogens is 330 g/mol. The lowest BCUT2D eigenvalue weighted by molar-refractivity contribution is -0.141. The van der Waals surface area contributed by atoms with E-state index in [1.165, 1.54) is 25.1 Å². The third-order valence-corrected chi connectivity index (χ3v) is 7.28. The third-order valence-electron chi connectivity index (χ3n) is 3.68. The molecule has 0 bridgehead atoms. The van der Waals surface area contributed by atoms with E-state index in [9.17, 15) is 21.6 Å². The zero-order chi connectivity index (χ0) is 16.5. The Bertz CT molecular complexity index is 785. The monoisotopic (exact) mass is 347 g/mol. The Kier molecular flexibility index (Phi) is 4.59. The molecule has 1 aromatic rings. The van der Waals surface area contributed by atoms with Gasteiger partial charge in [0.2, 0.25) is 10.0 Å². The van der Waals surface area contributed by atoms with Crippen LogP contribution in [0.1, 0.15) is 13.3 Å². The standard InChI is InChI=1S/C13H17NO6S2/c1-2-21(17,18)11-4-3-5-12(8-11)22(19,20)14-7-6-10(9-14)13(15)16/h3-5,8,10H,2,6-7,9H2,1H3,(H,15,16). The third kappa shape index (κ3) is 3.16. The highest BCUT2D eigenvalue weighted by molar-refractivity contribution is 7.91. The van der Waals surface area contributed by atoms with E-state index in [1.807, 2.05) is 0 Å². The number of hydrogen-bond donors (Lipinski definition) is 1. The number of nitrogens with zero attached hydrogens (tertiary/aromatic N) is 1. The van der Waals surface area contributed by atoms with Gasteiger partial charge >= 0.3 is 5.97 Å². The van der Waals surface area contributed by atoms with Gasteiger partial charge in [0.25, 0.3) is 0 Å². The molecule has 22 heavy (non-hydrogen) atoms. The van der Waals surface area contributed by atoms with Gasteiger partial charge in [-0.25, -0.2) is 16.8 Å². The van der Waals surface area contributed by atoms with Gasteiger partial charge in [0.1, 0.15) is 0 Å². The van der Waals surface area contributed by atoms with E-state index in [1.54, 1.807) is 0 Å². The maximum absolute atomic E-state index is 12.5. The molecule has 0 aromatic heterocycles. The number of benzene rings is 1. The van der Waals surface area contributed by atoms with Gasteiger partial charge in [-0.05, 0) is 24.6 Å². The van der Waals surface area contributed by atoms with Gasteiger partial charge in [0.15, 0.2) is 9.84 Å². The Labute approximate surface area is 129 Å². The van der Waals surface area contributed by atoms with Crippen LogP contribution in [0.3, 0.4) is 0 Å². The van der Waals surface area contributed by atoms with E-state index in [0.717, 1.165) is 10.4 Å². The zero-order valence-corrected chi connectivity index (χ0v) is 13.6. The summed E-state index contributed by atoms with van der Waals surface area (Å²) in [7, 11) is -7.40. The van der Waals surface area contributed by atoms with Crippen molar-refractivity contribution >= 4 is 25.8 Å². The van der Waals surface area contributed by atoms with Crippen LogP contribution in [0.5, 0.6) is 0 Å². The molecule has 0 amide bonds. The normalized spacial score (nSPS) is 20.1. The van der Waals surface area contributed by atoms with Crippen LogP contribution < -0.4 is 0 Å². The largest absolute Gasteiger partial charge is 0.481 e. The first-order chi connectivity index (χ1) is 10.2. The highest BCUT2D eigenvalue weighted by Crippen LogP contribution is 2.26. The van der Waals surface area contributed by atoms with Gasteiger partial charge in [-0.3, -0.25) is 4.79 Å². The van der Waals surface area contributed by atoms with Crippen LogP contribution in [0.4, 0.5) is 0 Å². The molecule has 1 aromatic carbocycles. The molecule has 1 aliphatic heterocycles. The van der Waals surface area contributed by atoms with Crippen molar-refractivity contribution in [3.63, 3.8) is 0 Å². The first-order valence-corrected chi connectivity index (χ1v) is 9.83. The first kappa shape index (κ1) is 16.9. The van der Waals surface area contributed by atoms with Crippen molar-refractivity contribution in [1.82, 2.24) is 4.31 Å². The Morgan fingerprint density at radius 3 is 2.45 bits per heavy atom. The van der Waals surface area contributed by atoms with E-state index >= 15 is 0 Å². The quantitative estimate of drug-likeness (QED) is 0.834. The summed E-state index contributed by atoms with van der Waals surface area (Å²) in [5.41, 5.74) is 0. The fourth-order valence-corrected chi connectivity index (χ4v) is 4.84. The van der Waals surface area contributed by atoms with Crippen molar-refractivity contribution in [2.75, 3.05) is 18.8 Å². The van der Waals surface area contributed by atoms with Gasteiger partial charge in [0, 0.05) is 13.1 Å². The summed E-state index contributed by atoms with van der Waals surface area (Å²) < 4.78 is 49.8. The van der Waals surface area contributed by atoms with Crippen molar-refractivity contribution in [2.45, 2.75) is 23.1 Å². The summed E-state index contributed by atoms with van der Waals surface area (Å²) in [5, 5.41) is 8.95. The number of sulfonamides is 1. The summed E-state index contributed by atoms with van der Waals surface area (Å²) in [4.78, 5) is 10.8. The van der Waals surface area contributed by atoms with Crippen molar-refractivity contribution in [1.29, 1.82) is 0 Å². The van der Waals surface area contributed by atoms with Crippen LogP contribution in [0.2, 0.25) is 0 Å². The van der Waals surface area contributed by atoms with Gasteiger partial charge in [-0.1, -0.05) is 13.0 Å². The summed E-state index contributed by atoms with van der Waals surface area (Å²) in [6, 6.07) is 5.17. The average molecular weight is 347 g/mol. The molecule has 1 heterocycles. The molecule has 9 heteroatoms. The summed E-state index contributed by atoms with van der Waals surface area (Å²) >= 11 is 0. The molecule has 0 radical (unpaired) electrons. The van der Waals surface area contributed by atoms with E-state index in [2.05, 4.69) is 0 Å². The van der Waals surface area contributed by atoms with E-state index < -0.39 is 31.7 Å². The van der Waals surface area contributed by atoms with Crippen LogP contribution in [0.25, 0.3) is 0 Å². The molecule has 1 aliphatic rings. The summed E-state index contributed by atoms with van der Waals surface area (Å²) in [6.45, 7) is 1.50. The molecule has 122 valence electrons. The predicted molar refractivity (Wildman–Crippen MR) is 78.7 cm³/mol. The minimum absolute atomic E-state index is 0.0509. The van der Waals surface area contributed by atoms with Crippen LogP contribution in [-0.4, -0.2) is 51.1 Å². The molecule has 0 spiro atoms. The Morgan fingerprint density at radius 2 is 1.91 bits per heavy atom. The first-order valence-electron chi connectivity index (χ1n) is 6.74. The fourth-order valence-electron chi connectivity index (χ4n) is 2.29. The van der Waals surface area contributed by atoms with Crippen molar-refractivity contribution < 1.29 is 26.7 Å². The second-order valence-electron chi connectivity index (χ2n) is 5.07. The SMILES string of the molecule is CCS(=O)(=O)c1cccc(S(=O)(=O)N2CCC(C(=O)O)C2)c1. The lowest BCUT2D eigenvalue weighted by Crippen LogP contribution is -2.30. The molecule has 1 unspecified atom stereocenters. The van der Waals surface area contributed by atoms with Crippen molar-refractivity contribution in [3.05, 3.63) is 24.3 Å². The maximum Gasteiger partial charge on any atom is 0.307 e. The highest BCUT2D eigenvalue weighted by Gasteiger charge is 2.36. The molecule has 7 nitrogen and oxygen atoms in total. The predicted octanol–water partition coefficient (Wildman–Crippen LogP) is 0.575. The van der Waals surface area contributed by atoms with Gasteiger partial charge in [-0.15, -0.1) is 0 Å². The molecule has 0 saturated carbocycles. The molecule has 2 rings (SSSR count). The number of rotatable bonds is 5. The van der Waals surface area contributed by atoms with Crippen molar-refractivity contribution in [2.24, 2.45) is 5.92 Å². The molecule has 1 N–H and O–H groups in total. The Balaban J connectivity index is 2.35. The second-order valence-corrected chi connectivity index (χ2v) is 9.28. The fraction of sp³-hybridized carbons (Fsp3) is 0.462. The maximum atomic E-state index is 12.5. The summed E-state index contributed by atoms with van der Waals surface area (Å²) in [5.74, 6) is -1.88. The van der Waals surface area contributed by atoms with Gasteiger partial charge in [0.05, 0.1) is 21.5 Å². The average Bonchev–Trinajstić information content (AvgIpc) is 2.98. The van der Waals surface area contributed by atoms with E-state index in [4.69, 9.17) is 5.11 Å². The Hall–Kier alpha value is -1.45. The second kappa shape index (κ2) is 5.98. The molecule has 1 atom stereocenters. The van der Waals surface area contributed by atoms with E-state index in [-0.39, 0.29) is 35.1 Å². The number of carboxylic acid groups (broad SMARTS) is 1. The molecule has 0 aliphatic carbocycles. The molecular formula is C13H17NO6S2. The lowest BCUT2D eigenvalue weighted by atomic mass is 10.1. The highest BCUT2D eigenvalue weighted by atomic mass is 32.2. The number of aliphatic carboxylic acids is 1. The minimum Gasteiger partial charge on any atom is -0.481 e. The van der Waals surface area contributed by atoms with Crippen LogP contribution in [-0.2, 0) is 24.7 Å². The number of hydrogen-bond acceptors (Lipinski definition) is 5. The topological polar surface area (TPSA) is 109 Å². The van der Waals surface area contributed by atoms with Gasteiger partial charge in [-0.2, -0.15) is 4.31 Å². The summed E-state index contributed by atoms with van der Waals surface area (Å²) in [6.07, 6.45) is 0.252. The van der Waals surface area contributed by atoms with Crippen LogP contribution >= 0.6 is 0 Å². The number of carbonyl (C=O) groups is 1. The molecule has 1 saturated heterocycles. The smallest absolute Gasteiger partial charge is 0.307 e. The lowest BCUT2D eigenvalue weighted by Gasteiger charge is -2.16. The zero-order valence-electron chi connectivity index (χ0n) is 12.0. The van der Waals surface area contributed by atoms with E-state index in [0.29, 0.717) is 0 Å².